The molecule has 0 aliphatic carbocycles. The molecule has 0 aromatic heterocycles. The van der Waals surface area contributed by atoms with Gasteiger partial charge in [-0.3, -0.25) is 0 Å². The molecule has 0 bridgehead atoms. The Hall–Kier alpha value is -2.51. The van der Waals surface area contributed by atoms with E-state index in [-0.39, 0.29) is 0 Å². The SMILES string of the molecule is COc1cccc(Oc2ccc(CC#N)cc2)c1C(C)O. The van der Waals surface area contributed by atoms with E-state index in [1.165, 1.54) is 0 Å². The fourth-order valence-corrected chi connectivity index (χ4v) is 2.10. The summed E-state index contributed by atoms with van der Waals surface area (Å²) in [4.78, 5) is 0. The first-order chi connectivity index (χ1) is 10.2. The number of hydrogen-bond acceptors (Lipinski definition) is 4. The van der Waals surface area contributed by atoms with E-state index in [9.17, 15) is 5.11 Å². The van der Waals surface area contributed by atoms with E-state index >= 15 is 0 Å². The third-order valence-corrected chi connectivity index (χ3v) is 3.10. The van der Waals surface area contributed by atoms with Crippen molar-refractivity contribution >= 4 is 0 Å². The van der Waals surface area contributed by atoms with E-state index in [1.54, 1.807) is 38.3 Å². The van der Waals surface area contributed by atoms with Gasteiger partial charge in [0.05, 0.1) is 31.3 Å². The van der Waals surface area contributed by atoms with Crippen LogP contribution in [0.1, 0.15) is 24.2 Å². The van der Waals surface area contributed by atoms with Gasteiger partial charge in [-0.2, -0.15) is 5.26 Å². The number of methoxy groups -OCH3 is 1. The van der Waals surface area contributed by atoms with Gasteiger partial charge in [-0.05, 0) is 36.8 Å². The lowest BCUT2D eigenvalue weighted by Gasteiger charge is -2.16. The standard InChI is InChI=1S/C17H17NO3/c1-12(19)17-15(20-2)4-3-5-16(17)21-14-8-6-13(7-9-14)10-11-18/h3-9,12,19H,10H2,1-2H3. The van der Waals surface area contributed by atoms with Crippen molar-refractivity contribution in [3.05, 3.63) is 53.6 Å². The molecule has 2 aromatic carbocycles. The molecule has 1 atom stereocenters. The minimum Gasteiger partial charge on any atom is -0.496 e. The van der Waals surface area contributed by atoms with Crippen LogP contribution in [0.25, 0.3) is 0 Å². The van der Waals surface area contributed by atoms with Crippen LogP contribution in [0.5, 0.6) is 17.2 Å². The number of ether oxygens (including phenoxy) is 2. The van der Waals surface area contributed by atoms with Crippen molar-refractivity contribution in [2.24, 2.45) is 0 Å². The average Bonchev–Trinajstić information content (AvgIpc) is 2.49. The Morgan fingerprint density at radius 3 is 2.38 bits per heavy atom. The first-order valence-electron chi connectivity index (χ1n) is 6.64. The third kappa shape index (κ3) is 3.53. The lowest BCUT2D eigenvalue weighted by molar-refractivity contribution is 0.190. The molecule has 2 rings (SSSR count). The maximum absolute atomic E-state index is 9.91. The van der Waals surface area contributed by atoms with Crippen LogP contribution in [0.2, 0.25) is 0 Å². The van der Waals surface area contributed by atoms with E-state index in [0.717, 1.165) is 5.56 Å². The molecule has 1 unspecified atom stereocenters. The van der Waals surface area contributed by atoms with Crippen LogP contribution in [0.15, 0.2) is 42.5 Å². The van der Waals surface area contributed by atoms with E-state index in [2.05, 4.69) is 6.07 Å². The smallest absolute Gasteiger partial charge is 0.136 e. The highest BCUT2D eigenvalue weighted by Gasteiger charge is 2.15. The van der Waals surface area contributed by atoms with E-state index in [4.69, 9.17) is 14.7 Å². The van der Waals surface area contributed by atoms with Gasteiger partial charge in [0.25, 0.3) is 0 Å². The zero-order chi connectivity index (χ0) is 15.2. The number of aliphatic hydroxyl groups is 1. The van der Waals surface area contributed by atoms with Crippen LogP contribution in [0.3, 0.4) is 0 Å². The van der Waals surface area contributed by atoms with Crippen LogP contribution in [-0.2, 0) is 6.42 Å². The summed E-state index contributed by atoms with van der Waals surface area (Å²) < 4.78 is 11.1. The van der Waals surface area contributed by atoms with Gasteiger partial charge in [0.1, 0.15) is 17.2 Å². The fourth-order valence-electron chi connectivity index (χ4n) is 2.10. The molecule has 0 heterocycles. The number of rotatable bonds is 5. The highest BCUT2D eigenvalue weighted by atomic mass is 16.5. The Morgan fingerprint density at radius 2 is 1.81 bits per heavy atom. The minimum absolute atomic E-state index is 0.373. The van der Waals surface area contributed by atoms with Gasteiger partial charge in [0.15, 0.2) is 0 Å². The molecule has 21 heavy (non-hydrogen) atoms. The lowest BCUT2D eigenvalue weighted by Crippen LogP contribution is -2.00. The Morgan fingerprint density at radius 1 is 1.14 bits per heavy atom. The predicted octanol–water partition coefficient (Wildman–Crippen LogP) is 3.61. The van der Waals surface area contributed by atoms with Crippen molar-refractivity contribution in [3.8, 4) is 23.3 Å². The highest BCUT2D eigenvalue weighted by Crippen LogP contribution is 2.36. The molecule has 0 radical (unpaired) electrons. The largest absolute Gasteiger partial charge is 0.496 e. The van der Waals surface area contributed by atoms with Crippen molar-refractivity contribution in [2.75, 3.05) is 7.11 Å². The van der Waals surface area contributed by atoms with Crippen LogP contribution < -0.4 is 9.47 Å². The molecule has 0 amide bonds. The normalized spacial score (nSPS) is 11.5. The van der Waals surface area contributed by atoms with E-state index < -0.39 is 6.10 Å². The fraction of sp³-hybridized carbons (Fsp3) is 0.235. The van der Waals surface area contributed by atoms with Crippen LogP contribution in [0, 0.1) is 11.3 Å². The molecule has 2 aromatic rings. The summed E-state index contributed by atoms with van der Waals surface area (Å²) in [5, 5.41) is 18.6. The van der Waals surface area contributed by atoms with Gasteiger partial charge >= 0.3 is 0 Å². The second-order valence-corrected chi connectivity index (χ2v) is 4.63. The van der Waals surface area contributed by atoms with Gasteiger partial charge < -0.3 is 14.6 Å². The molecule has 0 aliphatic heterocycles. The first kappa shape index (κ1) is 14.9. The predicted molar refractivity (Wildman–Crippen MR) is 79.5 cm³/mol. The topological polar surface area (TPSA) is 62.5 Å². The molecule has 4 heteroatoms. The first-order valence-corrected chi connectivity index (χ1v) is 6.64. The van der Waals surface area contributed by atoms with Crippen molar-refractivity contribution in [3.63, 3.8) is 0 Å². The molecule has 0 aliphatic rings. The van der Waals surface area contributed by atoms with Gasteiger partial charge in [-0.15, -0.1) is 0 Å². The van der Waals surface area contributed by atoms with E-state index in [0.29, 0.717) is 29.2 Å². The molecular weight excluding hydrogens is 266 g/mol. The third-order valence-electron chi connectivity index (χ3n) is 3.10. The number of nitriles is 1. The second-order valence-electron chi connectivity index (χ2n) is 4.63. The number of hydrogen-bond donors (Lipinski definition) is 1. The van der Waals surface area contributed by atoms with Gasteiger partial charge in [0.2, 0.25) is 0 Å². The Bertz CT molecular complexity index is 642. The molecule has 0 fully saturated rings. The second kappa shape index (κ2) is 6.78. The summed E-state index contributed by atoms with van der Waals surface area (Å²) in [6, 6.07) is 14.8. The van der Waals surface area contributed by atoms with Crippen molar-refractivity contribution in [1.29, 1.82) is 5.26 Å². The maximum atomic E-state index is 9.91. The van der Waals surface area contributed by atoms with Crippen molar-refractivity contribution < 1.29 is 14.6 Å². The Balaban J connectivity index is 2.29. The molecule has 4 nitrogen and oxygen atoms in total. The molecule has 108 valence electrons. The molecule has 0 spiro atoms. The van der Waals surface area contributed by atoms with Gasteiger partial charge in [-0.25, -0.2) is 0 Å². The van der Waals surface area contributed by atoms with Crippen LogP contribution in [0.4, 0.5) is 0 Å². The summed E-state index contributed by atoms with van der Waals surface area (Å²) in [6.07, 6.45) is -0.327. The van der Waals surface area contributed by atoms with E-state index in [1.807, 2.05) is 18.2 Å². The summed E-state index contributed by atoms with van der Waals surface area (Å²) in [5.74, 6) is 1.79. The molecule has 0 saturated heterocycles. The van der Waals surface area contributed by atoms with Crippen LogP contribution >= 0.6 is 0 Å². The van der Waals surface area contributed by atoms with Gasteiger partial charge in [-0.1, -0.05) is 18.2 Å². The van der Waals surface area contributed by atoms with Crippen LogP contribution in [-0.4, -0.2) is 12.2 Å². The molecular formula is C17H17NO3. The summed E-state index contributed by atoms with van der Waals surface area (Å²) >= 11 is 0. The number of benzene rings is 2. The summed E-state index contributed by atoms with van der Waals surface area (Å²) in [7, 11) is 1.56. The maximum Gasteiger partial charge on any atom is 0.136 e. The summed E-state index contributed by atoms with van der Waals surface area (Å²) in [6.45, 7) is 1.67. The number of aliphatic hydroxyl groups excluding tert-OH is 1. The molecule has 0 saturated carbocycles. The lowest BCUT2D eigenvalue weighted by atomic mass is 10.1. The zero-order valence-electron chi connectivity index (χ0n) is 12.0. The Kier molecular flexibility index (Phi) is 4.81. The quantitative estimate of drug-likeness (QED) is 0.910. The molecule has 1 N–H and O–H groups in total. The Labute approximate surface area is 124 Å². The highest BCUT2D eigenvalue weighted by molar-refractivity contribution is 5.48. The average molecular weight is 283 g/mol. The van der Waals surface area contributed by atoms with Crippen molar-refractivity contribution in [2.45, 2.75) is 19.4 Å². The number of nitrogens with zero attached hydrogens (tertiary/aromatic N) is 1. The monoisotopic (exact) mass is 283 g/mol. The minimum atomic E-state index is -0.700. The van der Waals surface area contributed by atoms with Gasteiger partial charge in [0, 0.05) is 0 Å². The van der Waals surface area contributed by atoms with Crippen molar-refractivity contribution in [1.82, 2.24) is 0 Å². The zero-order valence-corrected chi connectivity index (χ0v) is 12.0. The summed E-state index contributed by atoms with van der Waals surface area (Å²) in [5.41, 5.74) is 1.55.